The molecule has 156 valence electrons. The summed E-state index contributed by atoms with van der Waals surface area (Å²) in [4.78, 5) is 22.8. The van der Waals surface area contributed by atoms with E-state index in [4.69, 9.17) is 37.4 Å². The first kappa shape index (κ1) is 22.9. The van der Waals surface area contributed by atoms with Crippen LogP contribution in [0, 0.1) is 10.1 Å². The summed E-state index contributed by atoms with van der Waals surface area (Å²) in [7, 11) is 0. The van der Waals surface area contributed by atoms with Gasteiger partial charge in [-0.2, -0.15) is 0 Å². The van der Waals surface area contributed by atoms with Crippen LogP contribution in [-0.4, -0.2) is 24.1 Å². The first-order valence-corrected chi connectivity index (χ1v) is 9.73. The van der Waals surface area contributed by atoms with Crippen LogP contribution in [-0.2, 0) is 20.9 Å². The molecule has 0 aliphatic heterocycles. The normalized spacial score (nSPS) is 11.7. The average molecular weight is 442 g/mol. The number of carbonyl (C=O) groups is 1. The average Bonchev–Trinajstić information content (AvgIpc) is 2.68. The maximum Gasteiger partial charge on any atom is 0.311 e. The highest BCUT2D eigenvalue weighted by atomic mass is 35.5. The highest BCUT2D eigenvalue weighted by molar-refractivity contribution is 6.42. The fourth-order valence-corrected chi connectivity index (χ4v) is 2.96. The van der Waals surface area contributed by atoms with Crippen molar-refractivity contribution in [3.63, 3.8) is 0 Å². The zero-order valence-electron chi connectivity index (χ0n) is 16.0. The van der Waals surface area contributed by atoms with Gasteiger partial charge in [-0.3, -0.25) is 14.9 Å². The molecule has 0 heterocycles. The third-order valence-corrected chi connectivity index (χ3v) is 4.69. The Bertz CT molecular complexity index is 874. The van der Waals surface area contributed by atoms with Crippen LogP contribution in [0.15, 0.2) is 36.4 Å². The molecule has 0 spiro atoms. The van der Waals surface area contributed by atoms with Crippen molar-refractivity contribution >= 4 is 34.9 Å². The largest absolute Gasteiger partial charge is 0.482 e. The van der Waals surface area contributed by atoms with Gasteiger partial charge in [-0.25, -0.2) is 0 Å². The summed E-state index contributed by atoms with van der Waals surface area (Å²) < 4.78 is 16.1. The number of nitro benzene ring substituents is 1. The molecule has 9 heteroatoms. The van der Waals surface area contributed by atoms with E-state index in [9.17, 15) is 14.9 Å². The van der Waals surface area contributed by atoms with Gasteiger partial charge in [-0.1, -0.05) is 35.3 Å². The van der Waals surface area contributed by atoms with E-state index < -0.39 is 17.0 Å². The molecule has 1 unspecified atom stereocenters. The highest BCUT2D eigenvalue weighted by Gasteiger charge is 2.23. The van der Waals surface area contributed by atoms with E-state index >= 15 is 0 Å². The van der Waals surface area contributed by atoms with Gasteiger partial charge in [0.05, 0.1) is 34.1 Å². The Morgan fingerprint density at radius 1 is 1.10 bits per heavy atom. The fraction of sp³-hybridized carbons (Fsp3) is 0.350. The molecule has 0 amide bonds. The molecule has 29 heavy (non-hydrogen) atoms. The summed E-state index contributed by atoms with van der Waals surface area (Å²) in [6.45, 7) is 4.15. The summed E-state index contributed by atoms with van der Waals surface area (Å²) in [5, 5.41) is 12.3. The van der Waals surface area contributed by atoms with Gasteiger partial charge in [-0.05, 0) is 43.2 Å². The number of hydrogen-bond acceptors (Lipinski definition) is 6. The summed E-state index contributed by atoms with van der Waals surface area (Å²) in [5.41, 5.74) is 0.983. The maximum absolute atomic E-state index is 11.8. The fourth-order valence-electron chi connectivity index (χ4n) is 2.64. The Kier molecular flexibility index (Phi) is 8.70. The summed E-state index contributed by atoms with van der Waals surface area (Å²) in [6, 6.07) is 9.46. The third-order valence-electron chi connectivity index (χ3n) is 3.96. The number of hydrogen-bond donors (Lipinski definition) is 0. The van der Waals surface area contributed by atoms with Gasteiger partial charge in [0.25, 0.3) is 0 Å². The lowest BCUT2D eigenvalue weighted by atomic mass is 10.1. The van der Waals surface area contributed by atoms with Crippen LogP contribution in [0.4, 0.5) is 5.69 Å². The summed E-state index contributed by atoms with van der Waals surface area (Å²) in [6.07, 6.45) is -0.690. The van der Waals surface area contributed by atoms with Crippen molar-refractivity contribution in [1.82, 2.24) is 0 Å². The van der Waals surface area contributed by atoms with Crippen LogP contribution in [0.2, 0.25) is 10.0 Å². The molecule has 2 aromatic rings. The molecular weight excluding hydrogens is 421 g/mol. The molecule has 0 aliphatic rings. The lowest BCUT2D eigenvalue weighted by molar-refractivity contribution is -0.386. The van der Waals surface area contributed by atoms with Gasteiger partial charge in [0.2, 0.25) is 0 Å². The molecule has 2 rings (SSSR count). The van der Waals surface area contributed by atoms with E-state index in [2.05, 4.69) is 0 Å². The number of nitro groups is 1. The number of nitrogens with zero attached hydrogens (tertiary/aromatic N) is 1. The highest BCUT2D eigenvalue weighted by Crippen LogP contribution is 2.33. The molecule has 0 radical (unpaired) electrons. The lowest BCUT2D eigenvalue weighted by Crippen LogP contribution is -2.13. The van der Waals surface area contributed by atoms with Crippen molar-refractivity contribution in [1.29, 1.82) is 0 Å². The monoisotopic (exact) mass is 441 g/mol. The number of rotatable bonds is 10. The van der Waals surface area contributed by atoms with Gasteiger partial charge in [0.15, 0.2) is 5.75 Å². The summed E-state index contributed by atoms with van der Waals surface area (Å²) in [5.74, 6) is -0.343. The first-order valence-electron chi connectivity index (χ1n) is 8.98. The molecule has 0 aliphatic carbocycles. The minimum Gasteiger partial charge on any atom is -0.482 e. The molecule has 1 atom stereocenters. The van der Waals surface area contributed by atoms with Crippen LogP contribution in [0.1, 0.15) is 37.5 Å². The van der Waals surface area contributed by atoms with Crippen molar-refractivity contribution < 1.29 is 23.9 Å². The standard InChI is InChI=1S/C20H21Cl2NO6/c1-3-27-19(11-20(24)28-4-2)14-6-8-18(17(10-14)23(25)26)29-12-13-5-7-15(21)16(22)9-13/h5-10,19H,3-4,11-12H2,1-2H3. The second-order valence-corrected chi connectivity index (χ2v) is 6.79. The first-order chi connectivity index (χ1) is 13.8. The lowest BCUT2D eigenvalue weighted by Gasteiger charge is -2.17. The van der Waals surface area contributed by atoms with Crippen molar-refractivity contribution in [2.75, 3.05) is 13.2 Å². The van der Waals surface area contributed by atoms with Gasteiger partial charge in [0.1, 0.15) is 6.61 Å². The minimum absolute atomic E-state index is 0.0394. The van der Waals surface area contributed by atoms with Gasteiger partial charge in [-0.15, -0.1) is 0 Å². The molecule has 7 nitrogen and oxygen atoms in total. The molecule has 0 N–H and O–H groups in total. The summed E-state index contributed by atoms with van der Waals surface area (Å²) >= 11 is 11.9. The SMILES string of the molecule is CCOC(=O)CC(OCC)c1ccc(OCc2ccc(Cl)c(Cl)c2)c([N+](=O)[O-])c1. The van der Waals surface area contributed by atoms with Crippen molar-refractivity contribution in [2.24, 2.45) is 0 Å². The molecule has 0 saturated carbocycles. The van der Waals surface area contributed by atoms with Crippen molar-refractivity contribution in [3.8, 4) is 5.75 Å². The Balaban J connectivity index is 2.22. The van der Waals surface area contributed by atoms with E-state index in [-0.39, 0.29) is 31.1 Å². The van der Waals surface area contributed by atoms with Crippen LogP contribution >= 0.6 is 23.2 Å². The number of esters is 1. The molecule has 0 saturated heterocycles. The van der Waals surface area contributed by atoms with E-state index in [0.29, 0.717) is 27.8 Å². The third kappa shape index (κ3) is 6.59. The quantitative estimate of drug-likeness (QED) is 0.274. The van der Waals surface area contributed by atoms with Crippen molar-refractivity contribution in [2.45, 2.75) is 33.0 Å². The molecule has 0 fully saturated rings. The smallest absolute Gasteiger partial charge is 0.311 e. The second kappa shape index (κ2) is 11.0. The van der Waals surface area contributed by atoms with Gasteiger partial charge in [0, 0.05) is 12.7 Å². The molecule has 0 bridgehead atoms. The number of benzene rings is 2. The van der Waals surface area contributed by atoms with Crippen LogP contribution in [0.3, 0.4) is 0 Å². The number of halogens is 2. The molecule has 2 aromatic carbocycles. The van der Waals surface area contributed by atoms with E-state index in [0.717, 1.165) is 0 Å². The van der Waals surface area contributed by atoms with Crippen LogP contribution < -0.4 is 4.74 Å². The zero-order valence-corrected chi connectivity index (χ0v) is 17.5. The van der Waals surface area contributed by atoms with E-state index in [1.807, 2.05) is 0 Å². The molecular formula is C20H21Cl2NO6. The topological polar surface area (TPSA) is 87.9 Å². The predicted molar refractivity (Wildman–Crippen MR) is 110 cm³/mol. The Hall–Kier alpha value is -2.35. The van der Waals surface area contributed by atoms with Crippen LogP contribution in [0.5, 0.6) is 5.75 Å². The van der Waals surface area contributed by atoms with E-state index in [1.54, 1.807) is 38.1 Å². The Morgan fingerprint density at radius 2 is 1.86 bits per heavy atom. The van der Waals surface area contributed by atoms with Gasteiger partial charge >= 0.3 is 11.7 Å². The Labute approximate surface area is 178 Å². The second-order valence-electron chi connectivity index (χ2n) is 5.97. The van der Waals surface area contributed by atoms with Crippen molar-refractivity contribution in [3.05, 3.63) is 67.7 Å². The Morgan fingerprint density at radius 3 is 2.48 bits per heavy atom. The zero-order chi connectivity index (χ0) is 21.4. The molecule has 0 aromatic heterocycles. The number of ether oxygens (including phenoxy) is 3. The van der Waals surface area contributed by atoms with E-state index in [1.165, 1.54) is 12.1 Å². The number of carbonyl (C=O) groups excluding carboxylic acids is 1. The maximum atomic E-state index is 11.8. The van der Waals surface area contributed by atoms with Crippen LogP contribution in [0.25, 0.3) is 0 Å². The minimum atomic E-state index is -0.651. The predicted octanol–water partition coefficient (Wildman–Crippen LogP) is 5.51. The van der Waals surface area contributed by atoms with Gasteiger partial charge < -0.3 is 14.2 Å².